The van der Waals surface area contributed by atoms with Gasteiger partial charge in [-0.1, -0.05) is 25.7 Å². The molecule has 2 amide bonds. The van der Waals surface area contributed by atoms with Crippen LogP contribution in [0.4, 0.5) is 0 Å². The molecule has 154 valence electrons. The minimum Gasteiger partial charge on any atom is -0.385 e. The maximum atomic E-state index is 12.9. The summed E-state index contributed by atoms with van der Waals surface area (Å²) in [6.45, 7) is 4.55. The third kappa shape index (κ3) is 5.44. The fourth-order valence-electron chi connectivity index (χ4n) is 5.14. The average molecular weight is 380 g/mol. The standard InChI is InChI=1S/C21H37N3O3/c1-27-16-6-11-22-20(25)19(17-7-2-3-8-17)23-12-14-24(15-13-23)21(26)18-9-4-5-10-18/h17-19H,2-16H2,1H3,(H,22,25). The van der Waals surface area contributed by atoms with E-state index in [4.69, 9.17) is 4.74 Å². The van der Waals surface area contributed by atoms with Gasteiger partial charge in [-0.2, -0.15) is 0 Å². The average Bonchev–Trinajstić information content (AvgIpc) is 3.40. The highest BCUT2D eigenvalue weighted by molar-refractivity contribution is 5.82. The fraction of sp³-hybridized carbons (Fsp3) is 0.905. The minimum absolute atomic E-state index is 0.0289. The number of piperazine rings is 1. The molecular formula is C21H37N3O3. The van der Waals surface area contributed by atoms with E-state index < -0.39 is 0 Å². The van der Waals surface area contributed by atoms with Crippen LogP contribution in [0.5, 0.6) is 0 Å². The summed E-state index contributed by atoms with van der Waals surface area (Å²) < 4.78 is 5.08. The van der Waals surface area contributed by atoms with Crippen LogP contribution in [0, 0.1) is 11.8 Å². The number of carbonyl (C=O) groups is 2. The Morgan fingerprint density at radius 1 is 1.00 bits per heavy atom. The Bertz CT molecular complexity index is 479. The number of carbonyl (C=O) groups excluding carboxylic acids is 2. The third-order valence-corrected chi connectivity index (χ3v) is 6.66. The summed E-state index contributed by atoms with van der Waals surface area (Å²) in [4.78, 5) is 30.0. The molecule has 0 aromatic rings. The Morgan fingerprint density at radius 2 is 1.63 bits per heavy atom. The highest BCUT2D eigenvalue weighted by Gasteiger charge is 2.38. The van der Waals surface area contributed by atoms with Crippen molar-refractivity contribution in [3.05, 3.63) is 0 Å². The van der Waals surface area contributed by atoms with Crippen LogP contribution in [0.3, 0.4) is 0 Å². The summed E-state index contributed by atoms with van der Waals surface area (Å²) in [5.74, 6) is 1.25. The van der Waals surface area contributed by atoms with Crippen LogP contribution in [0.1, 0.15) is 57.8 Å². The lowest BCUT2D eigenvalue weighted by Gasteiger charge is -2.41. The van der Waals surface area contributed by atoms with Gasteiger partial charge in [0, 0.05) is 52.4 Å². The van der Waals surface area contributed by atoms with E-state index in [1.807, 2.05) is 0 Å². The molecule has 0 bridgehead atoms. The predicted octanol–water partition coefficient (Wildman–Crippen LogP) is 2.03. The molecule has 1 N–H and O–H groups in total. The van der Waals surface area contributed by atoms with Crippen LogP contribution in [0.15, 0.2) is 0 Å². The quantitative estimate of drug-likeness (QED) is 0.656. The van der Waals surface area contributed by atoms with E-state index in [0.717, 1.165) is 58.3 Å². The first-order valence-corrected chi connectivity index (χ1v) is 11.0. The SMILES string of the molecule is COCCCNC(=O)C(C1CCCC1)N1CCN(C(=O)C2CCCC2)CC1. The number of rotatable bonds is 8. The van der Waals surface area contributed by atoms with Crippen molar-refractivity contribution < 1.29 is 14.3 Å². The Hall–Kier alpha value is -1.14. The Kier molecular flexibility index (Phi) is 7.94. The normalized spacial score (nSPS) is 23.7. The molecule has 27 heavy (non-hydrogen) atoms. The number of methoxy groups -OCH3 is 1. The zero-order valence-corrected chi connectivity index (χ0v) is 17.0. The molecule has 3 rings (SSSR count). The number of hydrogen-bond donors (Lipinski definition) is 1. The van der Waals surface area contributed by atoms with Crippen LogP contribution in [-0.2, 0) is 14.3 Å². The summed E-state index contributed by atoms with van der Waals surface area (Å²) in [5, 5.41) is 3.13. The first-order chi connectivity index (χ1) is 13.2. The van der Waals surface area contributed by atoms with Crippen LogP contribution in [-0.4, -0.2) is 74.1 Å². The van der Waals surface area contributed by atoms with E-state index >= 15 is 0 Å². The van der Waals surface area contributed by atoms with E-state index in [1.54, 1.807) is 7.11 Å². The second-order valence-corrected chi connectivity index (χ2v) is 8.47. The van der Waals surface area contributed by atoms with Gasteiger partial charge in [-0.25, -0.2) is 0 Å². The van der Waals surface area contributed by atoms with Gasteiger partial charge in [-0.3, -0.25) is 14.5 Å². The number of hydrogen-bond acceptors (Lipinski definition) is 4. The Morgan fingerprint density at radius 3 is 2.26 bits per heavy atom. The number of nitrogens with zero attached hydrogens (tertiary/aromatic N) is 2. The Labute approximate surface area is 164 Å². The zero-order chi connectivity index (χ0) is 19.1. The van der Waals surface area contributed by atoms with Gasteiger partial charge in [0.15, 0.2) is 0 Å². The Balaban J connectivity index is 1.53. The second kappa shape index (κ2) is 10.4. The largest absolute Gasteiger partial charge is 0.385 e. The van der Waals surface area contributed by atoms with Gasteiger partial charge in [0.25, 0.3) is 0 Å². The van der Waals surface area contributed by atoms with Gasteiger partial charge < -0.3 is 15.0 Å². The van der Waals surface area contributed by atoms with Gasteiger partial charge in [0.1, 0.15) is 0 Å². The summed E-state index contributed by atoms with van der Waals surface area (Å²) in [7, 11) is 1.69. The van der Waals surface area contributed by atoms with Gasteiger partial charge in [0.2, 0.25) is 11.8 Å². The number of ether oxygens (including phenoxy) is 1. The minimum atomic E-state index is -0.0289. The zero-order valence-electron chi connectivity index (χ0n) is 17.0. The van der Waals surface area contributed by atoms with Crippen LogP contribution >= 0.6 is 0 Å². The maximum Gasteiger partial charge on any atom is 0.237 e. The molecule has 1 saturated heterocycles. The lowest BCUT2D eigenvalue weighted by Crippen LogP contribution is -2.58. The van der Waals surface area contributed by atoms with E-state index in [2.05, 4.69) is 15.1 Å². The smallest absolute Gasteiger partial charge is 0.237 e. The van der Waals surface area contributed by atoms with Gasteiger partial charge in [-0.05, 0) is 38.0 Å². The molecule has 0 spiro atoms. The molecule has 6 nitrogen and oxygen atoms in total. The van der Waals surface area contributed by atoms with Crippen molar-refractivity contribution in [2.24, 2.45) is 11.8 Å². The summed E-state index contributed by atoms with van der Waals surface area (Å²) in [6.07, 6.45) is 10.1. The lowest BCUT2D eigenvalue weighted by molar-refractivity contribution is -0.138. The van der Waals surface area contributed by atoms with Crippen LogP contribution in [0.25, 0.3) is 0 Å². The van der Waals surface area contributed by atoms with E-state index in [1.165, 1.54) is 25.7 Å². The molecule has 0 aromatic carbocycles. The monoisotopic (exact) mass is 379 g/mol. The lowest BCUT2D eigenvalue weighted by atomic mass is 9.94. The van der Waals surface area contributed by atoms with Crippen molar-refractivity contribution in [3.8, 4) is 0 Å². The topological polar surface area (TPSA) is 61.9 Å². The van der Waals surface area contributed by atoms with E-state index in [-0.39, 0.29) is 17.9 Å². The molecule has 2 aliphatic carbocycles. The highest BCUT2D eigenvalue weighted by atomic mass is 16.5. The first kappa shape index (κ1) is 20.6. The van der Waals surface area contributed by atoms with Crippen LogP contribution < -0.4 is 5.32 Å². The van der Waals surface area contributed by atoms with E-state index in [9.17, 15) is 9.59 Å². The number of nitrogens with one attached hydrogen (secondary N) is 1. The van der Waals surface area contributed by atoms with Crippen molar-refractivity contribution >= 4 is 11.8 Å². The van der Waals surface area contributed by atoms with Crippen molar-refractivity contribution in [3.63, 3.8) is 0 Å². The fourth-order valence-corrected chi connectivity index (χ4v) is 5.14. The molecule has 1 aliphatic heterocycles. The molecule has 3 aliphatic rings. The maximum absolute atomic E-state index is 12.9. The highest BCUT2D eigenvalue weighted by Crippen LogP contribution is 2.32. The second-order valence-electron chi connectivity index (χ2n) is 8.47. The molecule has 0 radical (unpaired) electrons. The third-order valence-electron chi connectivity index (χ3n) is 6.66. The van der Waals surface area contributed by atoms with Crippen molar-refractivity contribution in [2.75, 3.05) is 46.4 Å². The van der Waals surface area contributed by atoms with Crippen molar-refractivity contribution in [1.82, 2.24) is 15.1 Å². The van der Waals surface area contributed by atoms with Gasteiger partial charge >= 0.3 is 0 Å². The predicted molar refractivity (Wildman–Crippen MR) is 105 cm³/mol. The summed E-state index contributed by atoms with van der Waals surface area (Å²) in [6, 6.07) is -0.0289. The first-order valence-electron chi connectivity index (χ1n) is 11.0. The molecule has 1 unspecified atom stereocenters. The molecule has 1 atom stereocenters. The van der Waals surface area contributed by atoms with Crippen molar-refractivity contribution in [2.45, 2.75) is 63.8 Å². The molecule has 0 aromatic heterocycles. The van der Waals surface area contributed by atoms with Crippen LogP contribution in [0.2, 0.25) is 0 Å². The summed E-state index contributed by atoms with van der Waals surface area (Å²) >= 11 is 0. The summed E-state index contributed by atoms with van der Waals surface area (Å²) in [5.41, 5.74) is 0. The molecule has 6 heteroatoms. The van der Waals surface area contributed by atoms with Gasteiger partial charge in [-0.15, -0.1) is 0 Å². The molecule has 3 fully saturated rings. The molecule has 1 heterocycles. The van der Waals surface area contributed by atoms with Crippen molar-refractivity contribution in [1.29, 1.82) is 0 Å². The molecule has 2 saturated carbocycles. The molecular weight excluding hydrogens is 342 g/mol. The van der Waals surface area contributed by atoms with Gasteiger partial charge in [0.05, 0.1) is 6.04 Å². The van der Waals surface area contributed by atoms with E-state index in [0.29, 0.717) is 25.0 Å². The number of amides is 2.